The first kappa shape index (κ1) is 27.8. The molecule has 0 saturated carbocycles. The molecule has 1 atom stereocenters. The van der Waals surface area contributed by atoms with Crippen LogP contribution < -0.4 is 0 Å². The Kier molecular flexibility index (Phi) is 14.3. The number of rotatable bonds is 15. The molecule has 0 spiro atoms. The van der Waals surface area contributed by atoms with E-state index in [9.17, 15) is 9.90 Å². The van der Waals surface area contributed by atoms with E-state index in [-0.39, 0.29) is 12.5 Å². The molecule has 1 aromatic carbocycles. The number of nitrogens with zero attached hydrogens (tertiary/aromatic N) is 2. The minimum atomic E-state index is -0.942. The summed E-state index contributed by atoms with van der Waals surface area (Å²) in [6.07, 6.45) is 10.1. The van der Waals surface area contributed by atoms with Crippen LogP contribution in [0.1, 0.15) is 69.4 Å². The zero-order chi connectivity index (χ0) is 23.7. The number of carbonyl (C=O) groups is 1. The Bertz CT molecular complexity index is 647. The standard InChI is InChI=1S/C27H46N2O4/c1-3-4-18-29(23-27(31)32-2)26(30)15-21-33-20-14-25-12-10-11-24(22-25)13-19-28-16-8-6-5-7-9-17-28/h10-12,22,27,31H,3-9,13-21,23H2,1-2H3. The highest BCUT2D eigenvalue weighted by Gasteiger charge is 2.16. The number of carbonyl (C=O) groups excluding carboxylic acids is 1. The summed E-state index contributed by atoms with van der Waals surface area (Å²) < 4.78 is 10.7. The number of methoxy groups -OCH3 is 1. The number of aliphatic hydroxyl groups is 1. The van der Waals surface area contributed by atoms with Crippen LogP contribution in [0.4, 0.5) is 0 Å². The van der Waals surface area contributed by atoms with Crippen molar-refractivity contribution in [3.05, 3.63) is 35.4 Å². The number of likely N-dealkylation sites (tertiary alicyclic amines) is 1. The quantitative estimate of drug-likeness (QED) is 0.315. The zero-order valence-electron chi connectivity index (χ0n) is 21.0. The van der Waals surface area contributed by atoms with E-state index >= 15 is 0 Å². The summed E-state index contributed by atoms with van der Waals surface area (Å²) >= 11 is 0. The summed E-state index contributed by atoms with van der Waals surface area (Å²) in [4.78, 5) is 16.8. The average molecular weight is 463 g/mol. The first-order chi connectivity index (χ1) is 16.1. The van der Waals surface area contributed by atoms with Gasteiger partial charge in [0.25, 0.3) is 0 Å². The molecule has 1 aliphatic rings. The Labute approximate surface area is 201 Å². The molecule has 0 aromatic heterocycles. The van der Waals surface area contributed by atoms with Crippen LogP contribution >= 0.6 is 0 Å². The Morgan fingerprint density at radius 1 is 1.09 bits per heavy atom. The zero-order valence-corrected chi connectivity index (χ0v) is 21.0. The predicted octanol–water partition coefficient (Wildman–Crippen LogP) is 4.04. The van der Waals surface area contributed by atoms with Crippen molar-refractivity contribution in [2.75, 3.05) is 53.0 Å². The molecule has 1 N–H and O–H groups in total. The lowest BCUT2D eigenvalue weighted by molar-refractivity contribution is -0.141. The Hall–Kier alpha value is -1.47. The van der Waals surface area contributed by atoms with Crippen LogP contribution in [0.15, 0.2) is 24.3 Å². The van der Waals surface area contributed by atoms with Crippen molar-refractivity contribution in [1.29, 1.82) is 0 Å². The van der Waals surface area contributed by atoms with E-state index in [4.69, 9.17) is 9.47 Å². The molecule has 0 bridgehead atoms. The molecule has 1 heterocycles. The van der Waals surface area contributed by atoms with Crippen molar-refractivity contribution in [3.8, 4) is 0 Å². The molecule has 1 fully saturated rings. The second-order valence-corrected chi connectivity index (χ2v) is 9.18. The maximum Gasteiger partial charge on any atom is 0.225 e. The van der Waals surface area contributed by atoms with Gasteiger partial charge in [0.15, 0.2) is 6.29 Å². The lowest BCUT2D eigenvalue weighted by Crippen LogP contribution is -2.39. The number of benzene rings is 1. The van der Waals surface area contributed by atoms with E-state index in [1.54, 1.807) is 4.90 Å². The summed E-state index contributed by atoms with van der Waals surface area (Å²) in [7, 11) is 1.45. The van der Waals surface area contributed by atoms with Gasteiger partial charge in [-0.15, -0.1) is 0 Å². The molecule has 1 saturated heterocycles. The minimum absolute atomic E-state index is 0.00534. The van der Waals surface area contributed by atoms with Crippen LogP contribution in [0.3, 0.4) is 0 Å². The molecule has 33 heavy (non-hydrogen) atoms. The largest absolute Gasteiger partial charge is 0.381 e. The van der Waals surface area contributed by atoms with Crippen LogP contribution in [-0.4, -0.2) is 80.2 Å². The third kappa shape index (κ3) is 12.0. The normalized spacial score (nSPS) is 16.2. The molecule has 0 radical (unpaired) electrons. The van der Waals surface area contributed by atoms with Crippen LogP contribution in [0.2, 0.25) is 0 Å². The van der Waals surface area contributed by atoms with Crippen LogP contribution in [0.5, 0.6) is 0 Å². The lowest BCUT2D eigenvalue weighted by Gasteiger charge is -2.24. The number of unbranched alkanes of at least 4 members (excludes halogenated alkanes) is 1. The molecule has 6 nitrogen and oxygen atoms in total. The second-order valence-electron chi connectivity index (χ2n) is 9.18. The lowest BCUT2D eigenvalue weighted by atomic mass is 10.0. The maximum atomic E-state index is 12.5. The number of hydrogen-bond acceptors (Lipinski definition) is 5. The van der Waals surface area contributed by atoms with Gasteiger partial charge in [0.1, 0.15) is 0 Å². The Morgan fingerprint density at radius 3 is 2.48 bits per heavy atom. The molecule has 1 amide bonds. The first-order valence-electron chi connectivity index (χ1n) is 13.0. The van der Waals surface area contributed by atoms with E-state index in [2.05, 4.69) is 36.1 Å². The monoisotopic (exact) mass is 462 g/mol. The van der Waals surface area contributed by atoms with Gasteiger partial charge >= 0.3 is 0 Å². The maximum absolute atomic E-state index is 12.5. The van der Waals surface area contributed by atoms with Crippen molar-refractivity contribution in [1.82, 2.24) is 9.80 Å². The van der Waals surface area contributed by atoms with E-state index in [1.807, 2.05) is 0 Å². The number of ether oxygens (including phenoxy) is 2. The molecule has 1 unspecified atom stereocenters. The van der Waals surface area contributed by atoms with Gasteiger partial charge in [0, 0.05) is 20.2 Å². The second kappa shape index (κ2) is 17.0. The van der Waals surface area contributed by atoms with Gasteiger partial charge in [0.05, 0.1) is 26.2 Å². The molecule has 1 aromatic rings. The topological polar surface area (TPSA) is 62.2 Å². The van der Waals surface area contributed by atoms with Gasteiger partial charge in [-0.3, -0.25) is 4.79 Å². The number of hydrogen-bond donors (Lipinski definition) is 1. The van der Waals surface area contributed by atoms with Crippen molar-refractivity contribution >= 4 is 5.91 Å². The highest BCUT2D eigenvalue weighted by molar-refractivity contribution is 5.76. The highest BCUT2D eigenvalue weighted by atomic mass is 16.6. The van der Waals surface area contributed by atoms with Crippen molar-refractivity contribution in [2.24, 2.45) is 0 Å². The van der Waals surface area contributed by atoms with Crippen molar-refractivity contribution in [2.45, 2.75) is 77.4 Å². The van der Waals surface area contributed by atoms with Gasteiger partial charge in [0.2, 0.25) is 5.91 Å². The van der Waals surface area contributed by atoms with Crippen molar-refractivity contribution < 1.29 is 19.4 Å². The van der Waals surface area contributed by atoms with E-state index < -0.39 is 6.29 Å². The molecule has 188 valence electrons. The molecular weight excluding hydrogens is 416 g/mol. The number of aliphatic hydroxyl groups excluding tert-OH is 1. The van der Waals surface area contributed by atoms with E-state index in [0.717, 1.165) is 32.2 Å². The third-order valence-corrected chi connectivity index (χ3v) is 6.44. The van der Waals surface area contributed by atoms with E-state index in [0.29, 0.717) is 26.2 Å². The molecular formula is C27H46N2O4. The highest BCUT2D eigenvalue weighted by Crippen LogP contribution is 2.13. The predicted molar refractivity (Wildman–Crippen MR) is 133 cm³/mol. The van der Waals surface area contributed by atoms with Gasteiger partial charge < -0.3 is 24.4 Å². The summed E-state index contributed by atoms with van der Waals surface area (Å²) in [5.74, 6) is 0.00534. The fraction of sp³-hybridized carbons (Fsp3) is 0.741. The third-order valence-electron chi connectivity index (χ3n) is 6.44. The summed E-state index contributed by atoms with van der Waals surface area (Å²) in [6, 6.07) is 8.84. The Morgan fingerprint density at radius 2 is 1.79 bits per heavy atom. The van der Waals surface area contributed by atoms with Gasteiger partial charge in [-0.2, -0.15) is 0 Å². The molecule has 1 aliphatic heterocycles. The first-order valence-corrected chi connectivity index (χ1v) is 13.0. The Balaban J connectivity index is 1.67. The van der Waals surface area contributed by atoms with Gasteiger partial charge in [-0.05, 0) is 56.3 Å². The van der Waals surface area contributed by atoms with Gasteiger partial charge in [-0.1, -0.05) is 56.9 Å². The fourth-order valence-corrected chi connectivity index (χ4v) is 4.30. The van der Waals surface area contributed by atoms with Crippen LogP contribution in [0.25, 0.3) is 0 Å². The molecule has 6 heteroatoms. The summed E-state index contributed by atoms with van der Waals surface area (Å²) in [5, 5.41) is 9.72. The average Bonchev–Trinajstić information content (AvgIpc) is 2.80. The van der Waals surface area contributed by atoms with Gasteiger partial charge in [-0.25, -0.2) is 0 Å². The minimum Gasteiger partial charge on any atom is -0.381 e. The van der Waals surface area contributed by atoms with Crippen LogP contribution in [-0.2, 0) is 27.1 Å². The van der Waals surface area contributed by atoms with Crippen molar-refractivity contribution in [3.63, 3.8) is 0 Å². The van der Waals surface area contributed by atoms with Crippen LogP contribution in [0, 0.1) is 0 Å². The smallest absolute Gasteiger partial charge is 0.225 e. The summed E-state index contributed by atoms with van der Waals surface area (Å²) in [5.41, 5.74) is 2.69. The molecule has 2 rings (SSSR count). The molecule has 0 aliphatic carbocycles. The fourth-order valence-electron chi connectivity index (χ4n) is 4.30. The SMILES string of the molecule is CCCCN(CC(O)OC)C(=O)CCOCCc1cccc(CCN2CCCCCCC2)c1. The van der Waals surface area contributed by atoms with E-state index in [1.165, 1.54) is 63.4 Å². The summed E-state index contributed by atoms with van der Waals surface area (Å²) in [6.45, 7) is 7.58. The number of amides is 1.